The van der Waals surface area contributed by atoms with Crippen LogP contribution in [0.5, 0.6) is 0 Å². The van der Waals surface area contributed by atoms with Crippen molar-refractivity contribution in [3.8, 4) is 22.4 Å². The van der Waals surface area contributed by atoms with Crippen LogP contribution in [0.15, 0.2) is 54.6 Å². The summed E-state index contributed by atoms with van der Waals surface area (Å²) in [6, 6.07) is 16.4. The first-order valence-electron chi connectivity index (χ1n) is 9.85. The second-order valence-corrected chi connectivity index (χ2v) is 7.40. The lowest BCUT2D eigenvalue weighted by molar-refractivity contribution is -0.384. The zero-order valence-electron chi connectivity index (χ0n) is 16.0. The number of rotatable bonds is 5. The molecule has 1 aliphatic carbocycles. The van der Waals surface area contributed by atoms with Crippen molar-refractivity contribution in [3.05, 3.63) is 64.7 Å². The third kappa shape index (κ3) is 4.34. The number of hydrogen-bond acceptors (Lipinski definition) is 6. The van der Waals surface area contributed by atoms with Crippen molar-refractivity contribution < 1.29 is 4.92 Å². The largest absolute Gasteiger partial charge is 0.399 e. The number of nitro benzene ring substituents is 1. The molecule has 29 heavy (non-hydrogen) atoms. The van der Waals surface area contributed by atoms with E-state index in [-0.39, 0.29) is 5.69 Å². The van der Waals surface area contributed by atoms with Crippen LogP contribution < -0.4 is 11.1 Å². The van der Waals surface area contributed by atoms with Crippen LogP contribution in [0.1, 0.15) is 32.1 Å². The molecule has 0 radical (unpaired) electrons. The molecule has 7 nitrogen and oxygen atoms in total. The predicted molar refractivity (Wildman–Crippen MR) is 114 cm³/mol. The number of benzene rings is 2. The summed E-state index contributed by atoms with van der Waals surface area (Å²) in [5.41, 5.74) is 9.63. The van der Waals surface area contributed by atoms with Crippen LogP contribution in [-0.2, 0) is 0 Å². The number of nitro groups is 1. The molecule has 1 saturated carbocycles. The second kappa shape index (κ2) is 8.26. The summed E-state index contributed by atoms with van der Waals surface area (Å²) < 4.78 is 0. The Morgan fingerprint density at radius 1 is 0.966 bits per heavy atom. The summed E-state index contributed by atoms with van der Waals surface area (Å²) in [6.45, 7) is 0. The molecule has 1 heterocycles. The van der Waals surface area contributed by atoms with E-state index in [4.69, 9.17) is 5.73 Å². The number of hydrogen-bond donors (Lipinski definition) is 2. The van der Waals surface area contributed by atoms with Gasteiger partial charge in [0.05, 0.1) is 4.92 Å². The normalized spacial score (nSPS) is 14.5. The van der Waals surface area contributed by atoms with E-state index in [1.54, 1.807) is 12.1 Å². The molecule has 1 aliphatic rings. The molecule has 0 atom stereocenters. The lowest BCUT2D eigenvalue weighted by atomic mass is 9.95. The number of non-ortho nitro benzene ring substituents is 1. The fourth-order valence-electron chi connectivity index (χ4n) is 3.82. The number of aromatic nitrogens is 2. The van der Waals surface area contributed by atoms with Gasteiger partial charge in [-0.15, -0.1) is 10.2 Å². The third-order valence-corrected chi connectivity index (χ3v) is 5.28. The zero-order valence-corrected chi connectivity index (χ0v) is 16.0. The molecular formula is C22H23N5O2. The predicted octanol–water partition coefficient (Wildman–Crippen LogP) is 5.05. The van der Waals surface area contributed by atoms with E-state index in [2.05, 4.69) is 15.5 Å². The van der Waals surface area contributed by atoms with E-state index in [0.29, 0.717) is 28.8 Å². The number of anilines is 2. The fourth-order valence-corrected chi connectivity index (χ4v) is 3.82. The van der Waals surface area contributed by atoms with Gasteiger partial charge in [0.1, 0.15) is 11.5 Å². The Morgan fingerprint density at radius 3 is 2.48 bits per heavy atom. The summed E-state index contributed by atoms with van der Waals surface area (Å²) in [5, 5.41) is 23.5. The molecule has 0 aliphatic heterocycles. The summed E-state index contributed by atoms with van der Waals surface area (Å²) in [6.07, 6.45) is 5.98. The van der Waals surface area contributed by atoms with Crippen LogP contribution in [0.25, 0.3) is 22.4 Å². The average molecular weight is 389 g/mol. The number of nitrogen functional groups attached to an aromatic ring is 1. The van der Waals surface area contributed by atoms with Gasteiger partial charge < -0.3 is 11.1 Å². The Labute approximate surface area is 169 Å². The monoisotopic (exact) mass is 389 g/mol. The summed E-state index contributed by atoms with van der Waals surface area (Å²) in [5.74, 6) is 0.712. The smallest absolute Gasteiger partial charge is 0.270 e. The van der Waals surface area contributed by atoms with E-state index in [1.807, 2.05) is 30.3 Å². The second-order valence-electron chi connectivity index (χ2n) is 7.40. The maximum atomic E-state index is 11.2. The Morgan fingerprint density at radius 2 is 1.72 bits per heavy atom. The minimum atomic E-state index is -0.407. The molecule has 3 aromatic rings. The van der Waals surface area contributed by atoms with Gasteiger partial charge in [0.15, 0.2) is 0 Å². The highest BCUT2D eigenvalue weighted by molar-refractivity contribution is 5.83. The first-order valence-corrected chi connectivity index (χ1v) is 9.85. The van der Waals surface area contributed by atoms with Gasteiger partial charge in [-0.3, -0.25) is 10.1 Å². The Hall–Kier alpha value is -3.48. The van der Waals surface area contributed by atoms with Gasteiger partial charge in [-0.25, -0.2) is 0 Å². The van der Waals surface area contributed by atoms with Gasteiger partial charge in [-0.1, -0.05) is 43.5 Å². The summed E-state index contributed by atoms with van der Waals surface area (Å²) in [7, 11) is 0. The van der Waals surface area contributed by atoms with E-state index in [0.717, 1.165) is 24.0 Å². The molecule has 0 unspecified atom stereocenters. The minimum Gasteiger partial charge on any atom is -0.399 e. The van der Waals surface area contributed by atoms with Crippen LogP contribution in [0.2, 0.25) is 0 Å². The van der Waals surface area contributed by atoms with Crippen LogP contribution in [-0.4, -0.2) is 21.2 Å². The molecule has 0 bridgehead atoms. The molecule has 0 spiro atoms. The molecule has 2 aromatic carbocycles. The molecule has 7 heteroatoms. The number of nitrogens with one attached hydrogen (secondary N) is 1. The van der Waals surface area contributed by atoms with E-state index in [1.165, 1.54) is 31.4 Å². The lowest BCUT2D eigenvalue weighted by Crippen LogP contribution is -2.23. The van der Waals surface area contributed by atoms with Gasteiger partial charge in [-0.05, 0) is 36.6 Å². The molecule has 0 amide bonds. The first-order chi connectivity index (χ1) is 14.1. The van der Waals surface area contributed by atoms with Crippen molar-refractivity contribution in [1.29, 1.82) is 0 Å². The minimum absolute atomic E-state index is 0.0206. The molecule has 3 N–H and O–H groups in total. The molecule has 148 valence electrons. The van der Waals surface area contributed by atoms with Gasteiger partial charge in [0, 0.05) is 35.0 Å². The Balaban J connectivity index is 1.77. The van der Waals surface area contributed by atoms with Crippen molar-refractivity contribution in [2.75, 3.05) is 11.1 Å². The van der Waals surface area contributed by atoms with Crippen molar-refractivity contribution in [1.82, 2.24) is 10.2 Å². The molecule has 1 fully saturated rings. The average Bonchev–Trinajstić information content (AvgIpc) is 2.74. The standard InChI is InChI=1S/C22H23N5O2/c23-17-8-4-6-15(12-17)20-14-21(24-18-9-2-1-3-10-18)25-26-22(20)16-7-5-11-19(13-16)27(28)29/h4-8,11-14,18H,1-3,9-10,23H2,(H,24,25). The summed E-state index contributed by atoms with van der Waals surface area (Å²) in [4.78, 5) is 10.8. The van der Waals surface area contributed by atoms with E-state index >= 15 is 0 Å². The van der Waals surface area contributed by atoms with Crippen molar-refractivity contribution in [3.63, 3.8) is 0 Å². The Kier molecular flexibility index (Phi) is 5.37. The molecular weight excluding hydrogens is 366 g/mol. The first kappa shape index (κ1) is 18.9. The topological polar surface area (TPSA) is 107 Å². The highest BCUT2D eigenvalue weighted by atomic mass is 16.6. The lowest BCUT2D eigenvalue weighted by Gasteiger charge is -2.23. The number of nitrogens with two attached hydrogens (primary N) is 1. The third-order valence-electron chi connectivity index (χ3n) is 5.28. The quantitative estimate of drug-likeness (QED) is 0.359. The highest BCUT2D eigenvalue weighted by Gasteiger charge is 2.18. The number of nitrogens with zero attached hydrogens (tertiary/aromatic N) is 3. The van der Waals surface area contributed by atoms with E-state index < -0.39 is 4.92 Å². The van der Waals surface area contributed by atoms with Gasteiger partial charge in [0.2, 0.25) is 0 Å². The van der Waals surface area contributed by atoms with Crippen LogP contribution in [0.4, 0.5) is 17.2 Å². The van der Waals surface area contributed by atoms with Crippen LogP contribution in [0.3, 0.4) is 0 Å². The highest BCUT2D eigenvalue weighted by Crippen LogP contribution is 2.34. The SMILES string of the molecule is Nc1cccc(-c2cc(NC3CCCCC3)nnc2-c2cccc([N+](=O)[O-])c2)c1. The molecule has 1 aromatic heterocycles. The maximum Gasteiger partial charge on any atom is 0.270 e. The fraction of sp³-hybridized carbons (Fsp3) is 0.273. The summed E-state index contributed by atoms with van der Waals surface area (Å²) >= 11 is 0. The van der Waals surface area contributed by atoms with Crippen LogP contribution in [0, 0.1) is 10.1 Å². The Bertz CT molecular complexity index is 1030. The molecule has 0 saturated heterocycles. The zero-order chi connectivity index (χ0) is 20.2. The van der Waals surface area contributed by atoms with Gasteiger partial charge in [0.25, 0.3) is 5.69 Å². The van der Waals surface area contributed by atoms with E-state index in [9.17, 15) is 10.1 Å². The van der Waals surface area contributed by atoms with Crippen molar-refractivity contribution in [2.45, 2.75) is 38.1 Å². The van der Waals surface area contributed by atoms with Gasteiger partial charge >= 0.3 is 0 Å². The molecule has 4 rings (SSSR count). The van der Waals surface area contributed by atoms with Gasteiger partial charge in [-0.2, -0.15) is 0 Å². The van der Waals surface area contributed by atoms with Crippen molar-refractivity contribution >= 4 is 17.2 Å². The van der Waals surface area contributed by atoms with Crippen molar-refractivity contribution in [2.24, 2.45) is 0 Å². The maximum absolute atomic E-state index is 11.2. The van der Waals surface area contributed by atoms with Crippen LogP contribution >= 0.6 is 0 Å².